The summed E-state index contributed by atoms with van der Waals surface area (Å²) >= 11 is 6.00. The lowest BCUT2D eigenvalue weighted by Gasteiger charge is -2.21. The van der Waals surface area contributed by atoms with Crippen molar-refractivity contribution in [1.82, 2.24) is 14.6 Å². The molecule has 1 radical (unpaired) electrons. The van der Waals surface area contributed by atoms with Gasteiger partial charge in [-0.15, -0.1) is 5.10 Å². The molecule has 0 saturated carbocycles. The Hall–Kier alpha value is -2.85. The number of rotatable bonds is 6. The van der Waals surface area contributed by atoms with Crippen LogP contribution in [-0.4, -0.2) is 42.5 Å². The number of aromatic nitrogens is 3. The predicted molar refractivity (Wildman–Crippen MR) is 112 cm³/mol. The van der Waals surface area contributed by atoms with E-state index in [0.717, 1.165) is 11.2 Å². The van der Waals surface area contributed by atoms with Crippen molar-refractivity contribution in [3.8, 4) is 5.75 Å². The Bertz CT molecular complexity index is 1190. The van der Waals surface area contributed by atoms with E-state index in [1.54, 1.807) is 18.3 Å². The number of sulfone groups is 1. The number of carbonyl (C=O) groups excluding carboxylic acids is 1. The molecule has 0 aliphatic heterocycles. The zero-order valence-electron chi connectivity index (χ0n) is 16.7. The van der Waals surface area contributed by atoms with E-state index in [0.29, 0.717) is 10.7 Å². The first-order valence-corrected chi connectivity index (χ1v) is 11.1. The van der Waals surface area contributed by atoms with Gasteiger partial charge in [-0.05, 0) is 30.2 Å². The van der Waals surface area contributed by atoms with Crippen LogP contribution in [0.15, 0.2) is 41.4 Å². The molecular formula is C19H20ClN4O5S. The normalized spacial score (nSPS) is 11.7. The summed E-state index contributed by atoms with van der Waals surface area (Å²) in [6, 6.07) is 7.42. The van der Waals surface area contributed by atoms with Crippen LogP contribution in [0.3, 0.4) is 0 Å². The van der Waals surface area contributed by atoms with Crippen molar-refractivity contribution in [1.29, 1.82) is 0 Å². The van der Waals surface area contributed by atoms with E-state index in [2.05, 4.69) is 10.1 Å². The zero-order chi connectivity index (χ0) is 22.1. The second kappa shape index (κ2) is 8.49. The molecule has 0 spiro atoms. The van der Waals surface area contributed by atoms with Gasteiger partial charge in [-0.1, -0.05) is 25.4 Å². The molecule has 30 heavy (non-hydrogen) atoms. The fourth-order valence-corrected chi connectivity index (χ4v) is 3.34. The molecule has 2 aromatic heterocycles. The fraction of sp³-hybridized carbons (Fsp3) is 0.263. The van der Waals surface area contributed by atoms with Crippen LogP contribution >= 0.6 is 11.6 Å². The number of hydrogen-bond acceptors (Lipinski definition) is 7. The van der Waals surface area contributed by atoms with E-state index in [4.69, 9.17) is 21.1 Å². The van der Waals surface area contributed by atoms with Crippen molar-refractivity contribution in [3.63, 3.8) is 0 Å². The summed E-state index contributed by atoms with van der Waals surface area (Å²) in [6.45, 7) is 5.08. The number of fused-ring (bicyclic) bond motifs is 1. The van der Waals surface area contributed by atoms with Crippen LogP contribution in [0.25, 0.3) is 5.65 Å². The average Bonchev–Trinajstić information content (AvgIpc) is 3.08. The Kier molecular flexibility index (Phi) is 6.18. The standard InChI is InChI=1S/C19H20ClN4O5S/c1-12(2)11-29-19(25)24(18-21-17-8-5-13(20)10-23(17)22-18)15-7-6-14(30(4,26)27)9-16(15)28-3/h5-12H,1-4H3. The SMILES string of the molecule is COc1cc(S(C)(=O)=O)ccc1N(C(=O)O[CH]C(C)C)c1nc2ccc(Cl)cn2n1. The minimum Gasteiger partial charge on any atom is -0.495 e. The van der Waals surface area contributed by atoms with Crippen molar-refractivity contribution in [3.05, 3.63) is 48.2 Å². The zero-order valence-corrected chi connectivity index (χ0v) is 18.3. The highest BCUT2D eigenvalue weighted by atomic mass is 35.5. The minimum atomic E-state index is -3.48. The van der Waals surface area contributed by atoms with Crippen molar-refractivity contribution in [2.75, 3.05) is 18.3 Å². The molecule has 2 heterocycles. The highest BCUT2D eigenvalue weighted by molar-refractivity contribution is 7.90. The van der Waals surface area contributed by atoms with E-state index in [1.807, 2.05) is 13.8 Å². The van der Waals surface area contributed by atoms with Crippen molar-refractivity contribution < 1.29 is 22.7 Å². The maximum Gasteiger partial charge on any atom is 0.422 e. The maximum atomic E-state index is 12.9. The van der Waals surface area contributed by atoms with Crippen molar-refractivity contribution in [2.24, 2.45) is 5.92 Å². The molecule has 3 rings (SSSR count). The number of benzene rings is 1. The molecule has 11 heteroatoms. The molecule has 0 aliphatic carbocycles. The Morgan fingerprint density at radius 3 is 2.63 bits per heavy atom. The number of ether oxygens (including phenoxy) is 2. The van der Waals surface area contributed by atoms with Crippen molar-refractivity contribution >= 4 is 44.8 Å². The van der Waals surface area contributed by atoms with E-state index in [1.165, 1.54) is 36.4 Å². The number of amides is 1. The lowest BCUT2D eigenvalue weighted by molar-refractivity contribution is 0.172. The number of carbonyl (C=O) groups is 1. The summed E-state index contributed by atoms with van der Waals surface area (Å²) in [5.41, 5.74) is 0.667. The lowest BCUT2D eigenvalue weighted by atomic mass is 10.2. The summed E-state index contributed by atoms with van der Waals surface area (Å²) in [5.74, 6) is 0.124. The molecule has 0 atom stereocenters. The number of pyridine rings is 1. The summed E-state index contributed by atoms with van der Waals surface area (Å²) in [5, 5.41) is 4.74. The third-order valence-electron chi connectivity index (χ3n) is 3.93. The van der Waals surface area contributed by atoms with Gasteiger partial charge in [-0.25, -0.2) is 22.6 Å². The second-order valence-corrected chi connectivity index (χ2v) is 9.22. The Morgan fingerprint density at radius 2 is 2.00 bits per heavy atom. The summed E-state index contributed by atoms with van der Waals surface area (Å²) in [4.78, 5) is 18.4. The maximum absolute atomic E-state index is 12.9. The quantitative estimate of drug-likeness (QED) is 0.560. The third-order valence-corrected chi connectivity index (χ3v) is 5.26. The largest absolute Gasteiger partial charge is 0.495 e. The highest BCUT2D eigenvalue weighted by Gasteiger charge is 2.28. The molecule has 3 aromatic rings. The monoisotopic (exact) mass is 451 g/mol. The number of hydrogen-bond donors (Lipinski definition) is 0. The average molecular weight is 452 g/mol. The van der Waals surface area contributed by atoms with Gasteiger partial charge in [0.2, 0.25) is 0 Å². The van der Waals surface area contributed by atoms with Crippen LogP contribution < -0.4 is 9.64 Å². The second-order valence-electron chi connectivity index (χ2n) is 6.77. The number of nitrogens with zero attached hydrogens (tertiary/aromatic N) is 4. The van der Waals surface area contributed by atoms with Crippen LogP contribution in [0.5, 0.6) is 5.75 Å². The van der Waals surface area contributed by atoms with Gasteiger partial charge >= 0.3 is 6.09 Å². The van der Waals surface area contributed by atoms with Gasteiger partial charge in [-0.2, -0.15) is 4.98 Å². The van der Waals surface area contributed by atoms with E-state index < -0.39 is 15.9 Å². The van der Waals surface area contributed by atoms with Crippen LogP contribution in [-0.2, 0) is 14.6 Å². The van der Waals surface area contributed by atoms with Gasteiger partial charge in [0.25, 0.3) is 5.95 Å². The first-order chi connectivity index (χ1) is 14.1. The molecule has 1 aromatic carbocycles. The van der Waals surface area contributed by atoms with E-state index in [9.17, 15) is 13.2 Å². The molecule has 0 saturated heterocycles. The predicted octanol–water partition coefficient (Wildman–Crippen LogP) is 3.89. The summed E-state index contributed by atoms with van der Waals surface area (Å²) in [6.07, 6.45) is 1.84. The van der Waals surface area contributed by atoms with E-state index >= 15 is 0 Å². The van der Waals surface area contributed by atoms with Gasteiger partial charge in [0.15, 0.2) is 15.5 Å². The van der Waals surface area contributed by atoms with Crippen molar-refractivity contribution in [2.45, 2.75) is 18.7 Å². The summed E-state index contributed by atoms with van der Waals surface area (Å²) in [7, 11) is -2.11. The minimum absolute atomic E-state index is 0.00447. The molecule has 159 valence electrons. The molecule has 0 bridgehead atoms. The molecule has 0 N–H and O–H groups in total. The fourth-order valence-electron chi connectivity index (χ4n) is 2.55. The number of methoxy groups -OCH3 is 1. The van der Waals surface area contributed by atoms with Gasteiger partial charge in [0.1, 0.15) is 12.4 Å². The van der Waals surface area contributed by atoms with Crippen LogP contribution in [0, 0.1) is 12.5 Å². The van der Waals surface area contributed by atoms with Crippen LogP contribution in [0.1, 0.15) is 13.8 Å². The first-order valence-electron chi connectivity index (χ1n) is 8.84. The Balaban J connectivity index is 2.15. The Morgan fingerprint density at radius 1 is 1.27 bits per heavy atom. The third kappa shape index (κ3) is 4.65. The lowest BCUT2D eigenvalue weighted by Crippen LogP contribution is -2.28. The molecular weight excluding hydrogens is 432 g/mol. The highest BCUT2D eigenvalue weighted by Crippen LogP contribution is 2.35. The smallest absolute Gasteiger partial charge is 0.422 e. The molecule has 0 fully saturated rings. The molecule has 1 amide bonds. The topological polar surface area (TPSA) is 103 Å². The molecule has 0 unspecified atom stereocenters. The Labute approximate surface area is 179 Å². The summed E-state index contributed by atoms with van der Waals surface area (Å²) < 4.78 is 35.8. The number of halogens is 1. The first kappa shape index (κ1) is 21.8. The van der Waals surface area contributed by atoms with Gasteiger partial charge in [0, 0.05) is 18.5 Å². The van der Waals surface area contributed by atoms with Gasteiger partial charge in [-0.3, -0.25) is 0 Å². The van der Waals surface area contributed by atoms with Crippen LogP contribution in [0.4, 0.5) is 16.4 Å². The van der Waals surface area contributed by atoms with Gasteiger partial charge < -0.3 is 9.47 Å². The number of anilines is 2. The molecule has 0 aliphatic rings. The van der Waals surface area contributed by atoms with E-state index in [-0.39, 0.29) is 28.2 Å². The molecule has 9 nitrogen and oxygen atoms in total. The van der Waals surface area contributed by atoms with Gasteiger partial charge in [0.05, 0.1) is 22.7 Å². The van der Waals surface area contributed by atoms with Crippen LogP contribution in [0.2, 0.25) is 5.02 Å².